The van der Waals surface area contributed by atoms with Gasteiger partial charge in [-0.2, -0.15) is 0 Å². The summed E-state index contributed by atoms with van der Waals surface area (Å²) in [4.78, 5) is 0. The van der Waals surface area contributed by atoms with Crippen LogP contribution in [0.3, 0.4) is 0 Å². The van der Waals surface area contributed by atoms with Gasteiger partial charge in [-0.05, 0) is 24.8 Å². The van der Waals surface area contributed by atoms with Crippen LogP contribution in [0, 0.1) is 10.8 Å². The average molecular weight is 182 g/mol. The van der Waals surface area contributed by atoms with Crippen molar-refractivity contribution in [2.75, 3.05) is 0 Å². The maximum atomic E-state index is 7.56. The Labute approximate surface area is 81.7 Å². The van der Waals surface area contributed by atoms with Crippen molar-refractivity contribution in [1.82, 2.24) is 0 Å². The summed E-state index contributed by atoms with van der Waals surface area (Å²) >= 11 is 0. The summed E-state index contributed by atoms with van der Waals surface area (Å²) < 4.78 is 0. The van der Waals surface area contributed by atoms with Gasteiger partial charge in [-0.25, -0.2) is 0 Å². The van der Waals surface area contributed by atoms with Gasteiger partial charge in [0.15, 0.2) is 0 Å². The number of nitrogens with two attached hydrogens (primary N) is 1. The molecule has 3 N–H and O–H groups in total. The van der Waals surface area contributed by atoms with Crippen LogP contribution in [0.15, 0.2) is 12.2 Å². The van der Waals surface area contributed by atoms with Crippen molar-refractivity contribution >= 4 is 5.71 Å². The second-order valence-electron chi connectivity index (χ2n) is 4.87. The molecule has 0 aliphatic carbocycles. The molecule has 2 nitrogen and oxygen atoms in total. The molecule has 0 bridgehead atoms. The molecule has 13 heavy (non-hydrogen) atoms. The summed E-state index contributed by atoms with van der Waals surface area (Å²) in [5.74, 6) is 0. The van der Waals surface area contributed by atoms with Gasteiger partial charge in [-0.1, -0.05) is 26.8 Å². The average Bonchev–Trinajstić information content (AvgIpc) is 1.81. The van der Waals surface area contributed by atoms with E-state index in [4.69, 9.17) is 11.1 Å². The maximum absolute atomic E-state index is 7.56. The topological polar surface area (TPSA) is 49.9 Å². The molecular weight excluding hydrogens is 160 g/mol. The van der Waals surface area contributed by atoms with E-state index in [1.165, 1.54) is 0 Å². The molecule has 0 aliphatic rings. The largest absolute Gasteiger partial charge is 0.328 e. The number of nitrogens with one attached hydrogen (secondary N) is 1. The Morgan fingerprint density at radius 1 is 1.46 bits per heavy atom. The summed E-state index contributed by atoms with van der Waals surface area (Å²) in [7, 11) is 0. The van der Waals surface area contributed by atoms with E-state index >= 15 is 0 Å². The Balaban J connectivity index is 3.79. The fraction of sp³-hybridized carbons (Fsp3) is 0.727. The predicted molar refractivity (Wildman–Crippen MR) is 59.2 cm³/mol. The molecule has 0 rings (SSSR count). The van der Waals surface area contributed by atoms with E-state index in [9.17, 15) is 0 Å². The van der Waals surface area contributed by atoms with Crippen LogP contribution >= 0.6 is 0 Å². The van der Waals surface area contributed by atoms with Gasteiger partial charge in [0.1, 0.15) is 0 Å². The highest BCUT2D eigenvalue weighted by Gasteiger charge is 2.06. The van der Waals surface area contributed by atoms with Crippen LogP contribution in [0.5, 0.6) is 0 Å². The minimum atomic E-state index is 0.0896. The van der Waals surface area contributed by atoms with Crippen molar-refractivity contribution < 1.29 is 0 Å². The van der Waals surface area contributed by atoms with Gasteiger partial charge < -0.3 is 11.1 Å². The SMILES string of the molecule is CC(N)CC(=N)/C=C\CC(C)(C)C. The standard InChI is InChI=1S/C11H22N2/c1-9(12)8-10(13)6-5-7-11(2,3)4/h5-6,9,13H,7-8,12H2,1-4H3/b6-5-,13-10?. The first kappa shape index (κ1) is 12.4. The number of hydrogen-bond donors (Lipinski definition) is 2. The third kappa shape index (κ3) is 9.28. The molecule has 1 atom stereocenters. The number of allylic oxidation sites excluding steroid dienone is 2. The molecule has 1 unspecified atom stereocenters. The molecule has 0 saturated heterocycles. The van der Waals surface area contributed by atoms with Crippen molar-refractivity contribution in [1.29, 1.82) is 5.41 Å². The summed E-state index contributed by atoms with van der Waals surface area (Å²) in [6.45, 7) is 8.48. The van der Waals surface area contributed by atoms with E-state index in [1.54, 1.807) is 0 Å². The second kappa shape index (κ2) is 5.18. The summed E-state index contributed by atoms with van der Waals surface area (Å²) in [5, 5.41) is 7.56. The Bertz CT molecular complexity index is 185. The van der Waals surface area contributed by atoms with E-state index < -0.39 is 0 Å². The van der Waals surface area contributed by atoms with Crippen LogP contribution in [-0.2, 0) is 0 Å². The van der Waals surface area contributed by atoms with Crippen LogP contribution in [0.25, 0.3) is 0 Å². The van der Waals surface area contributed by atoms with Crippen LogP contribution in [-0.4, -0.2) is 11.8 Å². The van der Waals surface area contributed by atoms with Crippen molar-refractivity contribution in [3.63, 3.8) is 0 Å². The van der Waals surface area contributed by atoms with Gasteiger partial charge in [0.2, 0.25) is 0 Å². The minimum Gasteiger partial charge on any atom is -0.328 e. The van der Waals surface area contributed by atoms with Gasteiger partial charge in [-0.3, -0.25) is 0 Å². The first-order valence-electron chi connectivity index (χ1n) is 4.81. The minimum absolute atomic E-state index is 0.0896. The molecule has 0 radical (unpaired) electrons. The van der Waals surface area contributed by atoms with Gasteiger partial charge in [0, 0.05) is 18.2 Å². The lowest BCUT2D eigenvalue weighted by Gasteiger charge is -2.14. The highest BCUT2D eigenvalue weighted by molar-refractivity contribution is 5.92. The first-order chi connectivity index (χ1) is 5.81. The van der Waals surface area contributed by atoms with Gasteiger partial charge in [0.05, 0.1) is 0 Å². The van der Waals surface area contributed by atoms with E-state index in [-0.39, 0.29) is 6.04 Å². The van der Waals surface area contributed by atoms with Gasteiger partial charge in [-0.15, -0.1) is 0 Å². The van der Waals surface area contributed by atoms with Crippen molar-refractivity contribution in [2.24, 2.45) is 11.1 Å². The van der Waals surface area contributed by atoms with Crippen LogP contribution in [0.1, 0.15) is 40.5 Å². The molecule has 0 aromatic heterocycles. The highest BCUT2D eigenvalue weighted by Crippen LogP contribution is 2.18. The Kier molecular flexibility index (Phi) is 4.92. The van der Waals surface area contributed by atoms with E-state index in [1.807, 2.05) is 13.0 Å². The molecule has 76 valence electrons. The van der Waals surface area contributed by atoms with Gasteiger partial charge >= 0.3 is 0 Å². The summed E-state index contributed by atoms with van der Waals surface area (Å²) in [6, 6.07) is 0.0896. The first-order valence-corrected chi connectivity index (χ1v) is 4.81. The summed E-state index contributed by atoms with van der Waals surface area (Å²) in [5.41, 5.74) is 6.51. The lowest BCUT2D eigenvalue weighted by molar-refractivity contribution is 0.420. The summed E-state index contributed by atoms with van der Waals surface area (Å²) in [6.07, 6.45) is 5.61. The fourth-order valence-electron chi connectivity index (χ4n) is 0.970. The van der Waals surface area contributed by atoms with E-state index in [2.05, 4.69) is 26.8 Å². The third-order valence-corrected chi connectivity index (χ3v) is 1.59. The fourth-order valence-corrected chi connectivity index (χ4v) is 0.970. The van der Waals surface area contributed by atoms with E-state index in [0.29, 0.717) is 17.5 Å². The van der Waals surface area contributed by atoms with Crippen molar-refractivity contribution in [3.05, 3.63) is 12.2 Å². The van der Waals surface area contributed by atoms with Crippen molar-refractivity contribution in [3.8, 4) is 0 Å². The molecule has 0 aliphatic heterocycles. The zero-order valence-corrected chi connectivity index (χ0v) is 9.22. The zero-order chi connectivity index (χ0) is 10.5. The normalized spacial score (nSPS) is 14.8. The molecule has 0 aromatic carbocycles. The zero-order valence-electron chi connectivity index (χ0n) is 9.22. The number of hydrogen-bond acceptors (Lipinski definition) is 2. The van der Waals surface area contributed by atoms with Crippen LogP contribution < -0.4 is 5.73 Å². The molecular formula is C11H22N2. The molecule has 0 spiro atoms. The molecule has 0 heterocycles. The lowest BCUT2D eigenvalue weighted by atomic mass is 9.92. The lowest BCUT2D eigenvalue weighted by Crippen LogP contribution is -2.18. The third-order valence-electron chi connectivity index (χ3n) is 1.59. The van der Waals surface area contributed by atoms with E-state index in [0.717, 1.165) is 6.42 Å². The van der Waals surface area contributed by atoms with Crippen molar-refractivity contribution in [2.45, 2.75) is 46.6 Å². The quantitative estimate of drug-likeness (QED) is 0.645. The molecule has 0 aromatic rings. The van der Waals surface area contributed by atoms with Crippen LogP contribution in [0.2, 0.25) is 0 Å². The molecule has 2 heteroatoms. The van der Waals surface area contributed by atoms with Crippen LogP contribution in [0.4, 0.5) is 0 Å². The van der Waals surface area contributed by atoms with Gasteiger partial charge in [0.25, 0.3) is 0 Å². The smallest absolute Gasteiger partial charge is 0.0326 e. The molecule has 0 saturated carbocycles. The monoisotopic (exact) mass is 182 g/mol. The maximum Gasteiger partial charge on any atom is 0.0326 e. The molecule has 0 fully saturated rings. The highest BCUT2D eigenvalue weighted by atomic mass is 14.6. The predicted octanol–water partition coefficient (Wildman–Crippen LogP) is 2.74. The molecule has 0 amide bonds. The second-order valence-corrected chi connectivity index (χ2v) is 4.87. The Hall–Kier alpha value is -0.630. The Morgan fingerprint density at radius 2 is 2.00 bits per heavy atom. The Morgan fingerprint density at radius 3 is 2.38 bits per heavy atom. The number of rotatable bonds is 4.